The number of imide groups is 2. The first kappa shape index (κ1) is 19.4. The first-order valence-corrected chi connectivity index (χ1v) is 8.64. The van der Waals surface area contributed by atoms with Crippen molar-refractivity contribution in [3.8, 4) is 5.75 Å². The van der Waals surface area contributed by atoms with E-state index in [1.54, 1.807) is 36.4 Å². The zero-order valence-electron chi connectivity index (χ0n) is 14.8. The summed E-state index contributed by atoms with van der Waals surface area (Å²) in [6, 6.07) is 12.1. The Hall–Kier alpha value is -3.39. The molecule has 1 saturated heterocycles. The minimum absolute atomic E-state index is 0.130. The van der Waals surface area contributed by atoms with Gasteiger partial charge in [0.2, 0.25) is 5.91 Å². The Balaban J connectivity index is 1.67. The van der Waals surface area contributed by atoms with Crippen molar-refractivity contribution in [3.63, 3.8) is 0 Å². The number of halogens is 1. The van der Waals surface area contributed by atoms with Gasteiger partial charge in [0.05, 0.1) is 12.8 Å². The highest BCUT2D eigenvalue weighted by Crippen LogP contribution is 2.24. The fourth-order valence-corrected chi connectivity index (χ4v) is 2.84. The van der Waals surface area contributed by atoms with Crippen LogP contribution in [0.5, 0.6) is 5.75 Å². The maximum atomic E-state index is 12.5. The molecular weight excluding hydrogens is 386 g/mol. The van der Waals surface area contributed by atoms with Crippen molar-refractivity contribution >= 4 is 41.0 Å². The van der Waals surface area contributed by atoms with Crippen LogP contribution in [-0.4, -0.2) is 42.3 Å². The lowest BCUT2D eigenvalue weighted by Gasteiger charge is -2.15. The second kappa shape index (κ2) is 8.10. The average Bonchev–Trinajstić information content (AvgIpc) is 2.91. The Labute approximate surface area is 165 Å². The number of carbonyl (C=O) groups is 4. The van der Waals surface area contributed by atoms with Crippen LogP contribution in [0.4, 0.5) is 10.5 Å². The number of methoxy groups -OCH3 is 1. The summed E-state index contributed by atoms with van der Waals surface area (Å²) in [5.41, 5.74) is 0.899. The monoisotopic (exact) mass is 401 g/mol. The van der Waals surface area contributed by atoms with Crippen molar-refractivity contribution < 1.29 is 23.9 Å². The number of urea groups is 1. The average molecular weight is 402 g/mol. The van der Waals surface area contributed by atoms with Crippen LogP contribution < -0.4 is 15.0 Å². The second-order valence-electron chi connectivity index (χ2n) is 5.88. The number of rotatable bonds is 6. The van der Waals surface area contributed by atoms with Gasteiger partial charge in [-0.1, -0.05) is 29.8 Å². The number of nitrogens with zero attached hydrogens (tertiary/aromatic N) is 2. The molecule has 0 unspecified atom stereocenters. The van der Waals surface area contributed by atoms with Gasteiger partial charge in [-0.15, -0.1) is 0 Å². The molecular formula is C19H16ClN3O5. The van der Waals surface area contributed by atoms with Gasteiger partial charge in [0.25, 0.3) is 0 Å². The van der Waals surface area contributed by atoms with Crippen molar-refractivity contribution in [2.75, 3.05) is 18.6 Å². The number of ether oxygens (including phenoxy) is 1. The molecule has 5 amide bonds. The lowest BCUT2D eigenvalue weighted by molar-refractivity contribution is -0.140. The molecule has 144 valence electrons. The molecule has 3 rings (SSSR count). The van der Waals surface area contributed by atoms with Gasteiger partial charge in [-0.3, -0.25) is 14.4 Å². The van der Waals surface area contributed by atoms with Crippen molar-refractivity contribution in [1.82, 2.24) is 10.2 Å². The van der Waals surface area contributed by atoms with Crippen molar-refractivity contribution in [1.29, 1.82) is 0 Å². The van der Waals surface area contributed by atoms with E-state index in [2.05, 4.69) is 5.32 Å². The molecule has 0 radical (unpaired) electrons. The molecule has 1 heterocycles. The maximum absolute atomic E-state index is 12.5. The maximum Gasteiger partial charge on any atom is 0.339 e. The quantitative estimate of drug-likeness (QED) is 0.589. The molecule has 0 spiro atoms. The van der Waals surface area contributed by atoms with E-state index >= 15 is 0 Å². The van der Waals surface area contributed by atoms with E-state index in [0.29, 0.717) is 21.2 Å². The van der Waals surface area contributed by atoms with Crippen LogP contribution in [0.15, 0.2) is 48.5 Å². The highest BCUT2D eigenvalue weighted by Gasteiger charge is 2.46. The Morgan fingerprint density at radius 2 is 1.71 bits per heavy atom. The molecule has 1 aliphatic rings. The topological polar surface area (TPSA) is 96.0 Å². The van der Waals surface area contributed by atoms with Crippen molar-refractivity contribution in [3.05, 3.63) is 59.1 Å². The zero-order chi connectivity index (χ0) is 20.3. The minimum Gasteiger partial charge on any atom is -0.497 e. The number of anilines is 1. The molecule has 2 aromatic carbocycles. The predicted molar refractivity (Wildman–Crippen MR) is 101 cm³/mol. The smallest absolute Gasteiger partial charge is 0.339 e. The van der Waals surface area contributed by atoms with Gasteiger partial charge in [0, 0.05) is 11.6 Å². The van der Waals surface area contributed by atoms with E-state index in [9.17, 15) is 19.2 Å². The number of nitrogens with one attached hydrogen (secondary N) is 1. The number of amides is 5. The van der Waals surface area contributed by atoms with E-state index in [0.717, 1.165) is 4.90 Å². The SMILES string of the molecule is COc1ccc(N2C(=O)C(=O)N(CC(=O)NCc3ccccc3Cl)C2=O)cc1. The third kappa shape index (κ3) is 3.81. The van der Waals surface area contributed by atoms with E-state index in [4.69, 9.17) is 16.3 Å². The van der Waals surface area contributed by atoms with E-state index in [1.807, 2.05) is 0 Å². The van der Waals surface area contributed by atoms with Crippen LogP contribution in [0, 0.1) is 0 Å². The van der Waals surface area contributed by atoms with Crippen LogP contribution in [0.2, 0.25) is 5.02 Å². The number of hydrogen-bond acceptors (Lipinski definition) is 5. The minimum atomic E-state index is -1.06. The highest BCUT2D eigenvalue weighted by atomic mass is 35.5. The molecule has 0 bridgehead atoms. The number of hydrogen-bond donors (Lipinski definition) is 1. The molecule has 2 aromatic rings. The van der Waals surface area contributed by atoms with Gasteiger partial charge in [-0.25, -0.2) is 14.6 Å². The first-order valence-electron chi connectivity index (χ1n) is 8.26. The standard InChI is InChI=1S/C19H16ClN3O5/c1-28-14-8-6-13(7-9-14)23-18(26)17(25)22(19(23)27)11-16(24)21-10-12-4-2-3-5-15(12)20/h2-9H,10-11H2,1H3,(H,21,24). The van der Waals surface area contributed by atoms with Crippen molar-refractivity contribution in [2.45, 2.75) is 6.54 Å². The van der Waals surface area contributed by atoms with Crippen LogP contribution >= 0.6 is 11.6 Å². The van der Waals surface area contributed by atoms with Gasteiger partial charge in [0.15, 0.2) is 0 Å². The van der Waals surface area contributed by atoms with Gasteiger partial charge in [-0.05, 0) is 35.9 Å². The molecule has 1 aliphatic heterocycles. The van der Waals surface area contributed by atoms with Gasteiger partial charge in [-0.2, -0.15) is 0 Å². The van der Waals surface area contributed by atoms with Gasteiger partial charge in [0.1, 0.15) is 12.3 Å². The van der Waals surface area contributed by atoms with Crippen LogP contribution in [0.1, 0.15) is 5.56 Å². The van der Waals surface area contributed by atoms with E-state index < -0.39 is 30.3 Å². The number of benzene rings is 2. The summed E-state index contributed by atoms with van der Waals surface area (Å²) in [5, 5.41) is 3.06. The molecule has 0 aromatic heterocycles. The predicted octanol–water partition coefficient (Wildman–Crippen LogP) is 1.96. The number of carbonyl (C=O) groups excluding carboxylic acids is 4. The third-order valence-electron chi connectivity index (χ3n) is 4.12. The largest absolute Gasteiger partial charge is 0.497 e. The second-order valence-corrected chi connectivity index (χ2v) is 6.29. The summed E-state index contributed by atoms with van der Waals surface area (Å²) in [6.45, 7) is -0.439. The Morgan fingerprint density at radius 1 is 1.04 bits per heavy atom. The molecule has 9 heteroatoms. The first-order chi connectivity index (χ1) is 13.4. The van der Waals surface area contributed by atoms with Crippen LogP contribution in [0.3, 0.4) is 0 Å². The summed E-state index contributed by atoms with van der Waals surface area (Å²) in [7, 11) is 1.48. The van der Waals surface area contributed by atoms with Gasteiger partial charge < -0.3 is 10.1 Å². The van der Waals surface area contributed by atoms with Crippen LogP contribution in [0.25, 0.3) is 0 Å². The Morgan fingerprint density at radius 3 is 2.36 bits per heavy atom. The Kier molecular flexibility index (Phi) is 5.60. The highest BCUT2D eigenvalue weighted by molar-refractivity contribution is 6.53. The zero-order valence-corrected chi connectivity index (χ0v) is 15.6. The summed E-state index contributed by atoms with van der Waals surface area (Å²) in [4.78, 5) is 50.4. The lowest BCUT2D eigenvalue weighted by atomic mass is 10.2. The van der Waals surface area contributed by atoms with Gasteiger partial charge >= 0.3 is 17.8 Å². The molecule has 8 nitrogen and oxygen atoms in total. The summed E-state index contributed by atoms with van der Waals surface area (Å²) < 4.78 is 5.02. The molecule has 0 saturated carbocycles. The molecule has 28 heavy (non-hydrogen) atoms. The molecule has 0 aliphatic carbocycles. The Bertz CT molecular complexity index is 945. The summed E-state index contributed by atoms with van der Waals surface area (Å²) in [5.74, 6) is -2.14. The lowest BCUT2D eigenvalue weighted by Crippen LogP contribution is -2.41. The van der Waals surface area contributed by atoms with E-state index in [1.165, 1.54) is 19.2 Å². The van der Waals surface area contributed by atoms with Crippen LogP contribution in [-0.2, 0) is 20.9 Å². The molecule has 0 atom stereocenters. The summed E-state index contributed by atoms with van der Waals surface area (Å²) in [6.07, 6.45) is 0. The third-order valence-corrected chi connectivity index (χ3v) is 4.49. The summed E-state index contributed by atoms with van der Waals surface area (Å²) >= 11 is 6.02. The normalized spacial score (nSPS) is 13.9. The van der Waals surface area contributed by atoms with E-state index in [-0.39, 0.29) is 12.2 Å². The fraction of sp³-hybridized carbons (Fsp3) is 0.158. The molecule has 1 N–H and O–H groups in total. The van der Waals surface area contributed by atoms with Crippen molar-refractivity contribution in [2.24, 2.45) is 0 Å². The molecule has 1 fully saturated rings. The fourth-order valence-electron chi connectivity index (χ4n) is 2.64.